The second-order valence-electron chi connectivity index (χ2n) is 3.81. The van der Waals surface area contributed by atoms with Gasteiger partial charge in [0.1, 0.15) is 5.75 Å². The van der Waals surface area contributed by atoms with E-state index in [4.69, 9.17) is 9.47 Å². The van der Waals surface area contributed by atoms with Gasteiger partial charge in [0.25, 0.3) is 0 Å². The Bertz CT molecular complexity index is 404. The molecular weight excluding hydrogens is 248 g/mol. The van der Waals surface area contributed by atoms with E-state index in [0.717, 1.165) is 22.0 Å². The lowest BCUT2D eigenvalue weighted by molar-refractivity contribution is -0.144. The molecule has 0 aromatic heterocycles. The van der Waals surface area contributed by atoms with Gasteiger partial charge in [-0.3, -0.25) is 4.79 Å². The summed E-state index contributed by atoms with van der Waals surface area (Å²) in [5.41, 5.74) is 1.00. The van der Waals surface area contributed by atoms with Crippen LogP contribution in [0.1, 0.15) is 32.3 Å². The topological polar surface area (TPSA) is 35.5 Å². The smallest absolute Gasteiger partial charge is 0.313 e. The molecule has 0 N–H and O–H groups in total. The molecule has 1 atom stereocenters. The van der Waals surface area contributed by atoms with Crippen LogP contribution in [0.4, 0.5) is 0 Å². The molecule has 4 heteroatoms. The van der Waals surface area contributed by atoms with Crippen LogP contribution in [0.2, 0.25) is 0 Å². The predicted molar refractivity (Wildman–Crippen MR) is 74.4 cm³/mol. The van der Waals surface area contributed by atoms with Crippen molar-refractivity contribution in [3.8, 4) is 5.75 Å². The van der Waals surface area contributed by atoms with Crippen LogP contribution in [0.25, 0.3) is 0 Å². The van der Waals surface area contributed by atoms with E-state index in [1.807, 2.05) is 32.0 Å². The third kappa shape index (κ3) is 3.67. The second kappa shape index (κ2) is 7.31. The molecule has 0 aliphatic rings. The molecule has 0 radical (unpaired) electrons. The zero-order valence-electron chi connectivity index (χ0n) is 11.4. The number of carbonyl (C=O) groups is 1. The quantitative estimate of drug-likeness (QED) is 0.584. The summed E-state index contributed by atoms with van der Waals surface area (Å²) in [6.07, 6.45) is 0. The maximum Gasteiger partial charge on any atom is 0.313 e. The fourth-order valence-electron chi connectivity index (χ4n) is 1.67. The molecule has 0 amide bonds. The summed E-state index contributed by atoms with van der Waals surface area (Å²) < 4.78 is 10.3. The number of hydrogen-bond donors (Lipinski definition) is 0. The molecule has 1 unspecified atom stereocenters. The lowest BCUT2D eigenvalue weighted by Gasteiger charge is -2.15. The molecule has 3 nitrogen and oxygen atoms in total. The van der Waals surface area contributed by atoms with Crippen LogP contribution in [0, 0.1) is 0 Å². The molecule has 0 aliphatic carbocycles. The Morgan fingerprint density at radius 1 is 1.39 bits per heavy atom. The van der Waals surface area contributed by atoms with Crippen molar-refractivity contribution in [2.75, 3.05) is 19.5 Å². The number of rotatable bonds is 6. The van der Waals surface area contributed by atoms with Crippen molar-refractivity contribution in [2.24, 2.45) is 0 Å². The van der Waals surface area contributed by atoms with Gasteiger partial charge in [-0.25, -0.2) is 0 Å². The molecule has 0 spiro atoms. The zero-order chi connectivity index (χ0) is 13.5. The number of thioether (sulfide) groups is 1. The maximum atomic E-state index is 11.8. The van der Waals surface area contributed by atoms with E-state index in [0.29, 0.717) is 6.61 Å². The van der Waals surface area contributed by atoms with Crippen LogP contribution in [0.15, 0.2) is 23.1 Å². The van der Waals surface area contributed by atoms with Gasteiger partial charge in [-0.05, 0) is 37.3 Å². The maximum absolute atomic E-state index is 11.8. The van der Waals surface area contributed by atoms with Gasteiger partial charge in [-0.15, -0.1) is 11.8 Å². The van der Waals surface area contributed by atoms with Gasteiger partial charge in [0, 0.05) is 4.90 Å². The van der Waals surface area contributed by atoms with Crippen LogP contribution in [-0.4, -0.2) is 25.4 Å². The van der Waals surface area contributed by atoms with Crippen LogP contribution >= 0.6 is 11.8 Å². The molecule has 0 fully saturated rings. The molecule has 100 valence electrons. The molecule has 1 rings (SSSR count). The highest BCUT2D eigenvalue weighted by atomic mass is 32.2. The van der Waals surface area contributed by atoms with Crippen molar-refractivity contribution in [2.45, 2.75) is 31.6 Å². The Hall–Kier alpha value is -1.16. The summed E-state index contributed by atoms with van der Waals surface area (Å²) in [5.74, 6) is 1.34. The third-order valence-corrected chi connectivity index (χ3v) is 3.58. The number of methoxy groups -OCH3 is 1. The first-order valence-electron chi connectivity index (χ1n) is 6.11. The van der Waals surface area contributed by atoms with Gasteiger partial charge in [0.2, 0.25) is 0 Å². The van der Waals surface area contributed by atoms with Gasteiger partial charge in [0.15, 0.2) is 0 Å². The Kier molecular flexibility index (Phi) is 6.05. The van der Waals surface area contributed by atoms with Crippen molar-refractivity contribution in [3.05, 3.63) is 23.8 Å². The molecule has 0 saturated carbocycles. The number of carbonyl (C=O) groups excluding carboxylic acids is 1. The molecule has 0 saturated heterocycles. The van der Waals surface area contributed by atoms with Crippen LogP contribution in [0.5, 0.6) is 5.75 Å². The normalized spacial score (nSPS) is 12.0. The van der Waals surface area contributed by atoms with Crippen LogP contribution in [-0.2, 0) is 9.53 Å². The summed E-state index contributed by atoms with van der Waals surface area (Å²) in [6, 6.07) is 5.79. The summed E-state index contributed by atoms with van der Waals surface area (Å²) in [4.78, 5) is 12.9. The average molecular weight is 268 g/mol. The van der Waals surface area contributed by atoms with E-state index in [1.165, 1.54) is 0 Å². The second-order valence-corrected chi connectivity index (χ2v) is 5.12. The van der Waals surface area contributed by atoms with Crippen LogP contribution < -0.4 is 4.74 Å². The van der Waals surface area contributed by atoms with Crippen molar-refractivity contribution in [1.82, 2.24) is 0 Å². The molecule has 0 heterocycles. The number of esters is 1. The first-order chi connectivity index (χ1) is 8.63. The highest BCUT2D eigenvalue weighted by Gasteiger charge is 2.20. The fourth-order valence-corrected chi connectivity index (χ4v) is 2.60. The first kappa shape index (κ1) is 14.9. The Labute approximate surface area is 113 Å². The van der Waals surface area contributed by atoms with Gasteiger partial charge in [-0.2, -0.15) is 0 Å². The van der Waals surface area contributed by atoms with Crippen LogP contribution in [0.3, 0.4) is 0 Å². The highest BCUT2D eigenvalue weighted by molar-refractivity contribution is 7.99. The van der Waals surface area contributed by atoms with Gasteiger partial charge < -0.3 is 9.47 Å². The summed E-state index contributed by atoms with van der Waals surface area (Å²) in [5, 5.41) is 0. The van der Waals surface area contributed by atoms with Crippen molar-refractivity contribution >= 4 is 17.7 Å². The lowest BCUT2D eigenvalue weighted by Crippen LogP contribution is -2.13. The van der Waals surface area contributed by atoms with Gasteiger partial charge in [-0.1, -0.05) is 13.0 Å². The number of ether oxygens (including phenoxy) is 2. The molecule has 0 bridgehead atoms. The minimum Gasteiger partial charge on any atom is -0.497 e. The summed E-state index contributed by atoms with van der Waals surface area (Å²) in [7, 11) is 1.64. The minimum atomic E-state index is -0.245. The fraction of sp³-hybridized carbons (Fsp3) is 0.500. The summed E-state index contributed by atoms with van der Waals surface area (Å²) in [6.45, 7) is 6.19. The Morgan fingerprint density at radius 2 is 2.11 bits per heavy atom. The molecular formula is C14H20O3S. The Morgan fingerprint density at radius 3 is 2.67 bits per heavy atom. The van der Waals surface area contributed by atoms with E-state index in [9.17, 15) is 4.79 Å². The monoisotopic (exact) mass is 268 g/mol. The van der Waals surface area contributed by atoms with Crippen molar-refractivity contribution in [1.29, 1.82) is 0 Å². The number of benzene rings is 1. The summed E-state index contributed by atoms with van der Waals surface area (Å²) >= 11 is 1.71. The van der Waals surface area contributed by atoms with E-state index < -0.39 is 0 Å². The van der Waals surface area contributed by atoms with Gasteiger partial charge in [0.05, 0.1) is 19.6 Å². The van der Waals surface area contributed by atoms with Gasteiger partial charge >= 0.3 is 5.97 Å². The molecule has 18 heavy (non-hydrogen) atoms. The van der Waals surface area contributed by atoms with Crippen molar-refractivity contribution < 1.29 is 14.3 Å². The molecule has 1 aromatic rings. The first-order valence-corrected chi connectivity index (χ1v) is 7.09. The predicted octanol–water partition coefficient (Wildman–Crippen LogP) is 3.47. The molecule has 0 aliphatic heterocycles. The highest BCUT2D eigenvalue weighted by Crippen LogP contribution is 2.32. The van der Waals surface area contributed by atoms with E-state index >= 15 is 0 Å². The zero-order valence-corrected chi connectivity index (χ0v) is 12.2. The average Bonchev–Trinajstić information content (AvgIpc) is 2.38. The van der Waals surface area contributed by atoms with E-state index in [1.54, 1.807) is 18.9 Å². The largest absolute Gasteiger partial charge is 0.497 e. The van der Waals surface area contributed by atoms with E-state index in [2.05, 4.69) is 6.92 Å². The van der Waals surface area contributed by atoms with Crippen molar-refractivity contribution in [3.63, 3.8) is 0 Å². The Balaban J connectivity index is 3.02. The standard InChI is InChI=1S/C14H20O3S/c1-5-17-14(15)10(3)12-8-7-11(16-4)9-13(12)18-6-2/h7-10H,5-6H2,1-4H3. The molecule has 1 aromatic carbocycles. The van der Waals surface area contributed by atoms with E-state index in [-0.39, 0.29) is 11.9 Å². The number of hydrogen-bond acceptors (Lipinski definition) is 4. The SMILES string of the molecule is CCOC(=O)C(C)c1ccc(OC)cc1SCC. The third-order valence-electron chi connectivity index (χ3n) is 2.63. The minimum absolute atomic E-state index is 0.180. The lowest BCUT2D eigenvalue weighted by atomic mass is 10.0.